The predicted molar refractivity (Wildman–Crippen MR) is 128 cm³/mol. The molecule has 0 amide bonds. The second-order valence-electron chi connectivity index (χ2n) is 10.9. The van der Waals surface area contributed by atoms with Gasteiger partial charge in [-0.15, -0.1) is 0 Å². The van der Waals surface area contributed by atoms with E-state index >= 15 is 0 Å². The third kappa shape index (κ3) is 5.59. The molecule has 32 heavy (non-hydrogen) atoms. The number of carbonyl (C=O) groups is 1. The first-order valence-corrected chi connectivity index (χ1v) is 12.6. The summed E-state index contributed by atoms with van der Waals surface area (Å²) in [6.45, 7) is 12.5. The Morgan fingerprint density at radius 3 is 2.22 bits per heavy atom. The molecule has 5 nitrogen and oxygen atoms in total. The lowest BCUT2D eigenvalue weighted by Crippen LogP contribution is -2.36. The predicted octanol–water partition coefficient (Wildman–Crippen LogP) is 4.74. The number of carboxylic acid groups (broad SMARTS) is 1. The van der Waals surface area contributed by atoms with Crippen molar-refractivity contribution < 1.29 is 18.3 Å². The molecule has 0 radical (unpaired) electrons. The van der Waals surface area contributed by atoms with Crippen molar-refractivity contribution >= 4 is 16.0 Å². The zero-order valence-corrected chi connectivity index (χ0v) is 20.8. The zero-order chi connectivity index (χ0) is 23.9. The number of carboxylic acids is 1. The molecule has 0 heterocycles. The highest BCUT2D eigenvalue weighted by molar-refractivity contribution is 7.89. The minimum Gasteiger partial charge on any atom is -0.481 e. The number of hydrogen-bond acceptors (Lipinski definition) is 3. The molecular formula is C26H35NO4S. The van der Waals surface area contributed by atoms with Gasteiger partial charge in [-0.05, 0) is 64.0 Å². The smallest absolute Gasteiger partial charge is 0.303 e. The first-order chi connectivity index (χ1) is 14.7. The van der Waals surface area contributed by atoms with Crippen molar-refractivity contribution in [1.29, 1.82) is 0 Å². The van der Waals surface area contributed by atoms with Crippen molar-refractivity contribution in [3.63, 3.8) is 0 Å². The Balaban J connectivity index is 1.84. The molecule has 2 aromatic rings. The van der Waals surface area contributed by atoms with Crippen LogP contribution in [0.15, 0.2) is 41.3 Å². The van der Waals surface area contributed by atoms with Crippen molar-refractivity contribution in [3.8, 4) is 0 Å². The summed E-state index contributed by atoms with van der Waals surface area (Å²) in [6.07, 6.45) is 1.82. The van der Waals surface area contributed by atoms with E-state index in [1.807, 2.05) is 51.1 Å². The van der Waals surface area contributed by atoms with E-state index in [2.05, 4.69) is 25.5 Å². The van der Waals surface area contributed by atoms with E-state index in [0.717, 1.165) is 27.8 Å². The van der Waals surface area contributed by atoms with Gasteiger partial charge in [-0.1, -0.05) is 71.9 Å². The van der Waals surface area contributed by atoms with Crippen molar-refractivity contribution in [2.45, 2.75) is 89.0 Å². The molecule has 0 fully saturated rings. The molecule has 1 aliphatic carbocycles. The fourth-order valence-electron chi connectivity index (χ4n) is 4.26. The summed E-state index contributed by atoms with van der Waals surface area (Å²) in [4.78, 5) is 11.2. The van der Waals surface area contributed by atoms with Crippen LogP contribution in [-0.4, -0.2) is 25.5 Å². The van der Waals surface area contributed by atoms with E-state index in [1.54, 1.807) is 6.07 Å². The Kier molecular flexibility index (Phi) is 6.60. The summed E-state index contributed by atoms with van der Waals surface area (Å²) in [6, 6.07) is 11.5. The first-order valence-electron chi connectivity index (χ1n) is 11.2. The van der Waals surface area contributed by atoms with Crippen LogP contribution in [0.4, 0.5) is 0 Å². The lowest BCUT2D eigenvalue weighted by atomic mass is 9.81. The van der Waals surface area contributed by atoms with Crippen LogP contribution < -0.4 is 4.72 Å². The van der Waals surface area contributed by atoms with Crippen molar-refractivity contribution in [2.24, 2.45) is 0 Å². The van der Waals surface area contributed by atoms with E-state index in [0.29, 0.717) is 24.2 Å². The molecule has 1 atom stereocenters. The summed E-state index contributed by atoms with van der Waals surface area (Å²) in [5.41, 5.74) is 4.75. The average Bonchev–Trinajstić information content (AvgIpc) is 3.05. The second-order valence-corrected chi connectivity index (χ2v) is 12.6. The number of aryl methyl sites for hydroxylation is 1. The van der Waals surface area contributed by atoms with Crippen molar-refractivity contribution in [2.75, 3.05) is 0 Å². The third-order valence-corrected chi connectivity index (χ3v) is 7.67. The number of aliphatic carboxylic acids is 1. The molecule has 0 aliphatic heterocycles. The largest absolute Gasteiger partial charge is 0.481 e. The number of hydrogen-bond donors (Lipinski definition) is 2. The molecule has 174 valence electrons. The normalized spacial score (nSPS) is 16.8. The first kappa shape index (κ1) is 24.5. The SMILES string of the molecule is CC(C)(C)c1ccc(S(=O)(=O)NC2Cc3ccc(CCC(=O)O)cc3C2)c(C(C)(C)C)c1. The molecule has 3 rings (SSSR count). The van der Waals surface area contributed by atoms with Crippen LogP contribution >= 0.6 is 0 Å². The molecule has 0 bridgehead atoms. The summed E-state index contributed by atoms with van der Waals surface area (Å²) >= 11 is 0. The Hall–Kier alpha value is -2.18. The summed E-state index contributed by atoms with van der Waals surface area (Å²) < 4.78 is 29.8. The fraction of sp³-hybridized carbons (Fsp3) is 0.500. The maximum absolute atomic E-state index is 13.4. The van der Waals surface area contributed by atoms with Gasteiger partial charge in [0.2, 0.25) is 10.0 Å². The number of nitrogens with one attached hydrogen (secondary N) is 1. The fourth-order valence-corrected chi connectivity index (χ4v) is 5.90. The molecule has 6 heteroatoms. The highest BCUT2D eigenvalue weighted by Gasteiger charge is 2.31. The van der Waals surface area contributed by atoms with Crippen LogP contribution in [0.5, 0.6) is 0 Å². The number of sulfonamides is 1. The van der Waals surface area contributed by atoms with Crippen LogP contribution in [-0.2, 0) is 44.9 Å². The number of rotatable bonds is 6. The lowest BCUT2D eigenvalue weighted by Gasteiger charge is -2.27. The number of benzene rings is 2. The Morgan fingerprint density at radius 1 is 0.969 bits per heavy atom. The molecule has 2 N–H and O–H groups in total. The maximum atomic E-state index is 13.4. The highest BCUT2D eigenvalue weighted by Crippen LogP contribution is 2.34. The van der Waals surface area contributed by atoms with E-state index in [9.17, 15) is 13.2 Å². The van der Waals surface area contributed by atoms with Crippen LogP contribution in [0.25, 0.3) is 0 Å². The minimum atomic E-state index is -3.70. The van der Waals surface area contributed by atoms with Gasteiger partial charge in [0.25, 0.3) is 0 Å². The van der Waals surface area contributed by atoms with Gasteiger partial charge in [-0.3, -0.25) is 4.79 Å². The zero-order valence-electron chi connectivity index (χ0n) is 20.0. The summed E-state index contributed by atoms with van der Waals surface area (Å²) in [5, 5.41) is 8.91. The topological polar surface area (TPSA) is 83.5 Å². The van der Waals surface area contributed by atoms with Gasteiger partial charge in [-0.2, -0.15) is 0 Å². The summed E-state index contributed by atoms with van der Waals surface area (Å²) in [5.74, 6) is -0.816. The molecule has 0 saturated carbocycles. The van der Waals surface area contributed by atoms with Crippen LogP contribution in [0, 0.1) is 0 Å². The molecule has 1 aliphatic rings. The van der Waals surface area contributed by atoms with Crippen LogP contribution in [0.3, 0.4) is 0 Å². The quantitative estimate of drug-likeness (QED) is 0.656. The number of fused-ring (bicyclic) bond motifs is 1. The van der Waals surface area contributed by atoms with Gasteiger partial charge < -0.3 is 5.11 Å². The standard InChI is InChI=1S/C26H35NO4S/c1-25(2,3)20-10-11-23(22(16-20)26(4,5)6)32(30,31)27-21-14-18-9-7-17(8-12-24(28)29)13-19(18)15-21/h7,9-11,13,16,21,27H,8,12,14-15H2,1-6H3,(H,28,29). The van der Waals surface area contributed by atoms with Crippen LogP contribution in [0.2, 0.25) is 0 Å². The minimum absolute atomic E-state index is 0.0683. The maximum Gasteiger partial charge on any atom is 0.303 e. The van der Waals surface area contributed by atoms with E-state index in [1.165, 1.54) is 0 Å². The molecule has 0 saturated heterocycles. The molecule has 0 aromatic heterocycles. The second kappa shape index (κ2) is 8.64. The van der Waals surface area contributed by atoms with Gasteiger partial charge in [0, 0.05) is 12.5 Å². The van der Waals surface area contributed by atoms with Gasteiger partial charge >= 0.3 is 5.97 Å². The Morgan fingerprint density at radius 2 is 1.62 bits per heavy atom. The third-order valence-electron chi connectivity index (χ3n) is 6.10. The van der Waals surface area contributed by atoms with E-state index in [-0.39, 0.29) is 23.3 Å². The molecule has 1 unspecified atom stereocenters. The Labute approximate surface area is 192 Å². The van der Waals surface area contributed by atoms with E-state index < -0.39 is 16.0 Å². The van der Waals surface area contributed by atoms with Gasteiger partial charge in [0.15, 0.2) is 0 Å². The highest BCUT2D eigenvalue weighted by atomic mass is 32.2. The lowest BCUT2D eigenvalue weighted by molar-refractivity contribution is -0.136. The van der Waals surface area contributed by atoms with Gasteiger partial charge in [0.1, 0.15) is 0 Å². The Bertz CT molecular complexity index is 1120. The average molecular weight is 458 g/mol. The van der Waals surface area contributed by atoms with Crippen LogP contribution in [0.1, 0.15) is 75.8 Å². The molecule has 0 spiro atoms. The molecular weight excluding hydrogens is 422 g/mol. The van der Waals surface area contributed by atoms with E-state index in [4.69, 9.17) is 5.11 Å². The van der Waals surface area contributed by atoms with Gasteiger partial charge in [-0.25, -0.2) is 13.1 Å². The van der Waals surface area contributed by atoms with Gasteiger partial charge in [0.05, 0.1) is 4.90 Å². The molecule has 2 aromatic carbocycles. The summed E-state index contributed by atoms with van der Waals surface area (Å²) in [7, 11) is -3.70. The monoisotopic (exact) mass is 457 g/mol. The van der Waals surface area contributed by atoms with Crippen molar-refractivity contribution in [1.82, 2.24) is 4.72 Å². The van der Waals surface area contributed by atoms with Crippen molar-refractivity contribution in [3.05, 3.63) is 64.2 Å².